The van der Waals surface area contributed by atoms with Crippen LogP contribution in [0.15, 0.2) is 0 Å². The van der Waals surface area contributed by atoms with Gasteiger partial charge in [-0.25, -0.2) is 0 Å². The molecular weight excluding hydrogens is 275 g/mol. The maximum Gasteiger partial charge on any atom is 0.135 e. The summed E-state index contributed by atoms with van der Waals surface area (Å²) in [5, 5.41) is 0. The van der Waals surface area contributed by atoms with E-state index in [1.54, 1.807) is 0 Å². The largest absolute Gasteiger partial charge is 0.299 e. The second-order valence-electron chi connectivity index (χ2n) is 3.95. The number of alkyl halides is 1. The van der Waals surface area contributed by atoms with Gasteiger partial charge in [-0.15, -0.1) is 0 Å². The highest BCUT2D eigenvalue weighted by molar-refractivity contribution is 14.1. The van der Waals surface area contributed by atoms with E-state index in [-0.39, 0.29) is 0 Å². The molecule has 0 spiro atoms. The Morgan fingerprint density at radius 3 is 2.77 bits per heavy atom. The Balaban J connectivity index is 2.08. The quantitative estimate of drug-likeness (QED) is 0.429. The summed E-state index contributed by atoms with van der Waals surface area (Å²) in [6, 6.07) is 0. The molecule has 2 heteroatoms. The van der Waals surface area contributed by atoms with Crippen LogP contribution in [-0.2, 0) is 4.79 Å². The van der Waals surface area contributed by atoms with Gasteiger partial charge in [0.25, 0.3) is 0 Å². The molecular formula is C11H19IO. The molecule has 0 heterocycles. The third-order valence-corrected chi connectivity index (χ3v) is 3.63. The van der Waals surface area contributed by atoms with Crippen LogP contribution in [0.5, 0.6) is 0 Å². The zero-order valence-corrected chi connectivity index (χ0v) is 10.4. The van der Waals surface area contributed by atoms with Crippen LogP contribution >= 0.6 is 22.6 Å². The highest BCUT2D eigenvalue weighted by Gasteiger charge is 2.20. The van der Waals surface area contributed by atoms with Crippen LogP contribution in [0.3, 0.4) is 0 Å². The zero-order valence-electron chi connectivity index (χ0n) is 8.23. The topological polar surface area (TPSA) is 17.1 Å². The Kier molecular flexibility index (Phi) is 6.00. The molecule has 0 amide bonds. The Morgan fingerprint density at radius 1 is 1.23 bits per heavy atom. The van der Waals surface area contributed by atoms with Gasteiger partial charge in [0.1, 0.15) is 5.78 Å². The number of ketones is 1. The van der Waals surface area contributed by atoms with Gasteiger partial charge in [0.05, 0.1) is 0 Å². The zero-order chi connectivity index (χ0) is 9.52. The molecule has 1 saturated carbocycles. The third kappa shape index (κ3) is 4.43. The summed E-state index contributed by atoms with van der Waals surface area (Å²) >= 11 is 2.42. The van der Waals surface area contributed by atoms with E-state index in [0.717, 1.165) is 19.3 Å². The Bertz CT molecular complexity index is 156. The minimum atomic E-state index is 0.433. The molecule has 1 nitrogen and oxygen atoms in total. The smallest absolute Gasteiger partial charge is 0.135 e. The molecule has 0 aliphatic heterocycles. The first-order chi connectivity index (χ1) is 6.34. The molecule has 76 valence electrons. The van der Waals surface area contributed by atoms with E-state index >= 15 is 0 Å². The molecule has 13 heavy (non-hydrogen) atoms. The molecule has 1 aliphatic rings. The second-order valence-corrected chi connectivity index (χ2v) is 5.03. The number of halogens is 1. The van der Waals surface area contributed by atoms with Crippen LogP contribution in [0.4, 0.5) is 0 Å². The van der Waals surface area contributed by atoms with Crippen molar-refractivity contribution < 1.29 is 4.79 Å². The lowest BCUT2D eigenvalue weighted by atomic mass is 9.84. The first-order valence-corrected chi connectivity index (χ1v) is 6.96. The maximum atomic E-state index is 11.5. The summed E-state index contributed by atoms with van der Waals surface area (Å²) in [5.41, 5.74) is 0. The van der Waals surface area contributed by atoms with E-state index in [9.17, 15) is 4.79 Å². The molecule has 0 N–H and O–H groups in total. The van der Waals surface area contributed by atoms with E-state index in [0.29, 0.717) is 11.7 Å². The minimum Gasteiger partial charge on any atom is -0.299 e. The monoisotopic (exact) mass is 294 g/mol. The molecule has 0 saturated heterocycles. The lowest BCUT2D eigenvalue weighted by molar-refractivity contribution is -0.124. The lowest BCUT2D eigenvalue weighted by Crippen LogP contribution is -2.18. The Hall–Kier alpha value is 0.400. The normalized spacial score (nSPS) is 23.5. The first kappa shape index (κ1) is 11.5. The highest BCUT2D eigenvalue weighted by Crippen LogP contribution is 2.25. The molecule has 0 radical (unpaired) electrons. The van der Waals surface area contributed by atoms with Crippen LogP contribution in [0.25, 0.3) is 0 Å². The number of Topliss-reactive ketones (excluding diaryl/α,β-unsaturated/α-hetero) is 1. The molecule has 1 fully saturated rings. The van der Waals surface area contributed by atoms with Crippen molar-refractivity contribution in [2.24, 2.45) is 5.92 Å². The summed E-state index contributed by atoms with van der Waals surface area (Å²) < 4.78 is 1.26. The van der Waals surface area contributed by atoms with Crippen molar-refractivity contribution >= 4 is 28.4 Å². The van der Waals surface area contributed by atoms with Crippen molar-refractivity contribution in [3.8, 4) is 0 Å². The fourth-order valence-corrected chi connectivity index (χ4v) is 2.56. The van der Waals surface area contributed by atoms with E-state index in [2.05, 4.69) is 22.6 Å². The predicted octanol–water partition coefficient (Wildman–Crippen LogP) is 3.74. The molecule has 0 aromatic rings. The summed E-state index contributed by atoms with van der Waals surface area (Å²) in [7, 11) is 0. The SMILES string of the molecule is O=C1CCCCC1CCCCCI. The standard InChI is InChI=1S/C11H19IO/c12-9-5-1-2-6-10-7-3-4-8-11(10)13/h10H,1-9H2. The van der Waals surface area contributed by atoms with Crippen molar-refractivity contribution in [3.63, 3.8) is 0 Å². The van der Waals surface area contributed by atoms with Crippen LogP contribution in [0.1, 0.15) is 51.4 Å². The van der Waals surface area contributed by atoms with Gasteiger partial charge >= 0.3 is 0 Å². The fourth-order valence-electron chi connectivity index (χ4n) is 2.02. The molecule has 1 unspecified atom stereocenters. The molecule has 0 bridgehead atoms. The van der Waals surface area contributed by atoms with Gasteiger partial charge < -0.3 is 0 Å². The minimum absolute atomic E-state index is 0.433. The Morgan fingerprint density at radius 2 is 2.08 bits per heavy atom. The number of rotatable bonds is 5. The van der Waals surface area contributed by atoms with Crippen LogP contribution in [-0.4, -0.2) is 10.2 Å². The average molecular weight is 294 g/mol. The van der Waals surface area contributed by atoms with Gasteiger partial charge in [-0.05, 0) is 30.1 Å². The summed E-state index contributed by atoms with van der Waals surface area (Å²) in [4.78, 5) is 11.5. The fraction of sp³-hybridized carbons (Fsp3) is 0.909. The van der Waals surface area contributed by atoms with Crippen molar-refractivity contribution in [2.45, 2.75) is 51.4 Å². The van der Waals surface area contributed by atoms with Gasteiger partial charge in [-0.2, -0.15) is 0 Å². The van der Waals surface area contributed by atoms with Gasteiger partial charge in [-0.3, -0.25) is 4.79 Å². The highest BCUT2D eigenvalue weighted by atomic mass is 127. The van der Waals surface area contributed by atoms with Crippen molar-refractivity contribution in [3.05, 3.63) is 0 Å². The summed E-state index contributed by atoms with van der Waals surface area (Å²) in [5.74, 6) is 0.976. The molecule has 0 aromatic heterocycles. The number of hydrogen-bond donors (Lipinski definition) is 0. The van der Waals surface area contributed by atoms with Crippen molar-refractivity contribution in [1.29, 1.82) is 0 Å². The van der Waals surface area contributed by atoms with Gasteiger partial charge in [0, 0.05) is 12.3 Å². The lowest BCUT2D eigenvalue weighted by Gasteiger charge is -2.19. The first-order valence-electron chi connectivity index (χ1n) is 5.43. The summed E-state index contributed by atoms with van der Waals surface area (Å²) in [6.07, 6.45) is 9.51. The summed E-state index contributed by atoms with van der Waals surface area (Å²) in [6.45, 7) is 0. The van der Waals surface area contributed by atoms with Crippen molar-refractivity contribution in [2.75, 3.05) is 4.43 Å². The number of hydrogen-bond acceptors (Lipinski definition) is 1. The van der Waals surface area contributed by atoms with E-state index in [1.165, 1.54) is 36.5 Å². The van der Waals surface area contributed by atoms with Crippen LogP contribution < -0.4 is 0 Å². The van der Waals surface area contributed by atoms with E-state index in [4.69, 9.17) is 0 Å². The number of carbonyl (C=O) groups excluding carboxylic acids is 1. The molecule has 1 aliphatic carbocycles. The third-order valence-electron chi connectivity index (χ3n) is 2.87. The number of unbranched alkanes of at least 4 members (excludes halogenated alkanes) is 2. The van der Waals surface area contributed by atoms with Gasteiger partial charge in [-0.1, -0.05) is 41.9 Å². The number of carbonyl (C=O) groups is 1. The predicted molar refractivity (Wildman–Crippen MR) is 64.3 cm³/mol. The van der Waals surface area contributed by atoms with Crippen LogP contribution in [0, 0.1) is 5.92 Å². The Labute approximate surface area is 94.8 Å². The second kappa shape index (κ2) is 6.80. The van der Waals surface area contributed by atoms with Crippen LogP contribution in [0.2, 0.25) is 0 Å². The van der Waals surface area contributed by atoms with Gasteiger partial charge in [0.15, 0.2) is 0 Å². The molecule has 0 aromatic carbocycles. The van der Waals surface area contributed by atoms with E-state index in [1.807, 2.05) is 0 Å². The van der Waals surface area contributed by atoms with E-state index < -0.39 is 0 Å². The average Bonchev–Trinajstić information content (AvgIpc) is 2.15. The van der Waals surface area contributed by atoms with Gasteiger partial charge in [0.2, 0.25) is 0 Å². The maximum absolute atomic E-state index is 11.5. The van der Waals surface area contributed by atoms with Crippen molar-refractivity contribution in [1.82, 2.24) is 0 Å². The molecule has 1 rings (SSSR count). The molecule has 1 atom stereocenters.